The first-order valence-electron chi connectivity index (χ1n) is 26.1. The molecular formula is C71H51N3S3. The van der Waals surface area contributed by atoms with Crippen molar-refractivity contribution in [3.8, 4) is 44.5 Å². The zero-order valence-corrected chi connectivity index (χ0v) is 45.0. The Morgan fingerprint density at radius 2 is 0.649 bits per heavy atom. The van der Waals surface area contributed by atoms with E-state index in [1.54, 1.807) is 34.0 Å². The standard InChI is InChI=1S/C71H51N3S3/c1-71(2)64-24-13-12-23-58(64)60-46-62-63(47-65(60)71)69(73(67-26-15-43-76-67)55-36-30-52(31-37-55)49-19-8-4-9-20-49)59-41-40-57(72(66-25-14-42-75-66)54-34-28-51(29-35-54)48-17-6-3-7-18-48)45-61(59)70(62)74(68-27-16-44-77-68)56-38-32-53(33-39-56)50-21-10-5-11-22-50/h3-47H,1-2H3. The van der Waals surface area contributed by atoms with Crippen LogP contribution in [-0.2, 0) is 5.41 Å². The summed E-state index contributed by atoms with van der Waals surface area (Å²) >= 11 is 5.30. The van der Waals surface area contributed by atoms with Gasteiger partial charge in [-0.2, -0.15) is 0 Å². The van der Waals surface area contributed by atoms with Gasteiger partial charge in [0, 0.05) is 49.7 Å². The van der Waals surface area contributed by atoms with Gasteiger partial charge in [-0.3, -0.25) is 0 Å². The smallest absolute Gasteiger partial charge is 0.0999 e. The first-order valence-corrected chi connectivity index (χ1v) is 28.8. The van der Waals surface area contributed by atoms with Crippen LogP contribution in [0.2, 0.25) is 0 Å². The zero-order valence-electron chi connectivity index (χ0n) is 42.5. The van der Waals surface area contributed by atoms with Gasteiger partial charge in [0.15, 0.2) is 0 Å². The van der Waals surface area contributed by atoms with E-state index in [9.17, 15) is 0 Å². The van der Waals surface area contributed by atoms with E-state index in [0.29, 0.717) is 0 Å². The van der Waals surface area contributed by atoms with Crippen molar-refractivity contribution in [1.29, 1.82) is 0 Å². The predicted octanol–water partition coefficient (Wildman–Crippen LogP) is 21.9. The summed E-state index contributed by atoms with van der Waals surface area (Å²) in [7, 11) is 0. The van der Waals surface area contributed by atoms with Crippen molar-refractivity contribution in [3.63, 3.8) is 0 Å². The van der Waals surface area contributed by atoms with E-state index in [4.69, 9.17) is 0 Å². The van der Waals surface area contributed by atoms with Gasteiger partial charge in [-0.25, -0.2) is 0 Å². The summed E-state index contributed by atoms with van der Waals surface area (Å²) in [5, 5.41) is 14.7. The molecule has 1 aliphatic rings. The molecule has 0 fully saturated rings. The molecule has 3 aromatic heterocycles. The second-order valence-corrected chi connectivity index (χ2v) is 22.9. The molecule has 0 aliphatic heterocycles. The summed E-state index contributed by atoms with van der Waals surface area (Å²) < 4.78 is 0. The lowest BCUT2D eigenvalue weighted by Crippen LogP contribution is -2.16. The first kappa shape index (κ1) is 46.7. The third kappa shape index (κ3) is 8.25. The van der Waals surface area contributed by atoms with Crippen molar-refractivity contribution in [2.24, 2.45) is 0 Å². The average Bonchev–Trinajstić information content (AvgIpc) is 4.45. The van der Waals surface area contributed by atoms with Gasteiger partial charge in [-0.05, 0) is 169 Å². The normalized spacial score (nSPS) is 12.4. The number of thiophene rings is 3. The van der Waals surface area contributed by atoms with E-state index in [1.165, 1.54) is 66.4 Å². The fraction of sp³-hybridized carbons (Fsp3) is 0.0423. The lowest BCUT2D eigenvalue weighted by Gasteiger charge is -2.33. The number of rotatable bonds is 12. The Labute approximate surface area is 462 Å². The highest BCUT2D eigenvalue weighted by atomic mass is 32.1. The fourth-order valence-electron chi connectivity index (χ4n) is 11.6. The number of hydrogen-bond acceptors (Lipinski definition) is 6. The molecule has 14 rings (SSSR count). The number of nitrogens with zero attached hydrogens (tertiary/aromatic N) is 3. The zero-order chi connectivity index (χ0) is 51.5. The summed E-state index contributed by atoms with van der Waals surface area (Å²) in [4.78, 5) is 7.49. The summed E-state index contributed by atoms with van der Waals surface area (Å²) in [6.07, 6.45) is 0. The van der Waals surface area contributed by atoms with Crippen LogP contribution in [0, 0.1) is 0 Å². The highest BCUT2D eigenvalue weighted by Gasteiger charge is 2.37. The molecule has 10 aromatic carbocycles. The highest BCUT2D eigenvalue weighted by Crippen LogP contribution is 2.58. The minimum atomic E-state index is -0.237. The van der Waals surface area contributed by atoms with Crippen molar-refractivity contribution in [2.75, 3.05) is 14.7 Å². The third-order valence-corrected chi connectivity index (χ3v) is 17.9. The Kier molecular flexibility index (Phi) is 11.8. The molecule has 368 valence electrons. The lowest BCUT2D eigenvalue weighted by molar-refractivity contribution is 0.661. The van der Waals surface area contributed by atoms with Gasteiger partial charge >= 0.3 is 0 Å². The van der Waals surface area contributed by atoms with Crippen molar-refractivity contribution < 1.29 is 0 Å². The number of anilines is 9. The number of hydrogen-bond donors (Lipinski definition) is 0. The van der Waals surface area contributed by atoms with Crippen molar-refractivity contribution in [3.05, 3.63) is 282 Å². The molecule has 0 saturated heterocycles. The average molecular weight is 1040 g/mol. The van der Waals surface area contributed by atoms with E-state index in [0.717, 1.165) is 59.9 Å². The van der Waals surface area contributed by atoms with Gasteiger partial charge in [-0.1, -0.05) is 172 Å². The Hall–Kier alpha value is -8.78. The molecule has 0 radical (unpaired) electrons. The molecule has 0 N–H and O–H groups in total. The van der Waals surface area contributed by atoms with Crippen LogP contribution in [0.4, 0.5) is 49.1 Å². The lowest BCUT2D eigenvalue weighted by atomic mass is 9.81. The third-order valence-electron chi connectivity index (χ3n) is 15.3. The number of fused-ring (bicyclic) bond motifs is 5. The van der Waals surface area contributed by atoms with Crippen LogP contribution in [0.15, 0.2) is 271 Å². The molecule has 6 heteroatoms. The van der Waals surface area contributed by atoms with Crippen LogP contribution in [0.5, 0.6) is 0 Å². The van der Waals surface area contributed by atoms with E-state index >= 15 is 0 Å². The Morgan fingerprint density at radius 1 is 0.273 bits per heavy atom. The Bertz CT molecular complexity index is 4190. The molecule has 0 spiro atoms. The van der Waals surface area contributed by atoms with Gasteiger partial charge in [0.1, 0.15) is 0 Å². The van der Waals surface area contributed by atoms with Gasteiger partial charge in [-0.15, -0.1) is 34.0 Å². The van der Waals surface area contributed by atoms with Crippen LogP contribution in [-0.4, -0.2) is 0 Å². The maximum Gasteiger partial charge on any atom is 0.0999 e. The van der Waals surface area contributed by atoms with E-state index < -0.39 is 0 Å². The fourth-order valence-corrected chi connectivity index (χ4v) is 13.9. The number of benzene rings is 10. The summed E-state index contributed by atoms with van der Waals surface area (Å²) in [6, 6.07) is 94.1. The van der Waals surface area contributed by atoms with E-state index in [-0.39, 0.29) is 5.41 Å². The minimum absolute atomic E-state index is 0.237. The summed E-state index contributed by atoms with van der Waals surface area (Å²) in [5.41, 5.74) is 18.8. The van der Waals surface area contributed by atoms with Crippen LogP contribution < -0.4 is 14.7 Å². The molecule has 3 nitrogen and oxygen atoms in total. The summed E-state index contributed by atoms with van der Waals surface area (Å²) in [6.45, 7) is 4.79. The van der Waals surface area contributed by atoms with Crippen LogP contribution in [0.25, 0.3) is 66.1 Å². The second kappa shape index (κ2) is 19.4. The molecule has 1 aliphatic carbocycles. The van der Waals surface area contributed by atoms with Crippen LogP contribution in [0.1, 0.15) is 25.0 Å². The van der Waals surface area contributed by atoms with Crippen molar-refractivity contribution in [2.45, 2.75) is 19.3 Å². The largest absolute Gasteiger partial charge is 0.302 e. The molecule has 77 heavy (non-hydrogen) atoms. The van der Waals surface area contributed by atoms with Crippen LogP contribution in [0.3, 0.4) is 0 Å². The van der Waals surface area contributed by atoms with Crippen molar-refractivity contribution >= 4 is 105 Å². The van der Waals surface area contributed by atoms with Crippen molar-refractivity contribution in [1.82, 2.24) is 0 Å². The Morgan fingerprint density at radius 3 is 1.12 bits per heavy atom. The molecule has 0 amide bonds. The Balaban J connectivity index is 1.10. The first-order chi connectivity index (χ1) is 38.0. The van der Waals surface area contributed by atoms with Crippen LogP contribution >= 0.6 is 34.0 Å². The summed E-state index contributed by atoms with van der Waals surface area (Å²) in [5.74, 6) is 0. The predicted molar refractivity (Wildman–Crippen MR) is 333 cm³/mol. The minimum Gasteiger partial charge on any atom is -0.302 e. The second-order valence-electron chi connectivity index (χ2n) is 20.1. The maximum atomic E-state index is 2.55. The monoisotopic (exact) mass is 1040 g/mol. The van der Waals surface area contributed by atoms with Gasteiger partial charge < -0.3 is 14.7 Å². The molecular weight excluding hydrogens is 991 g/mol. The molecule has 3 heterocycles. The van der Waals surface area contributed by atoms with Gasteiger partial charge in [0.05, 0.1) is 26.4 Å². The molecule has 0 bridgehead atoms. The van der Waals surface area contributed by atoms with E-state index in [1.807, 2.05) is 0 Å². The molecule has 0 atom stereocenters. The molecule has 13 aromatic rings. The van der Waals surface area contributed by atoms with Gasteiger partial charge in [0.25, 0.3) is 0 Å². The SMILES string of the molecule is CC1(C)c2ccccc2-c2cc3c(N(c4ccc(-c5ccccc5)cc4)c4cccs4)c4cc(N(c5ccc(-c6ccccc6)cc5)c5cccs5)ccc4c(N(c4ccc(-c5ccccc5)cc4)c4cccs4)c3cc21. The molecule has 0 unspecified atom stereocenters. The quantitative estimate of drug-likeness (QED) is 0.0892. The van der Waals surface area contributed by atoms with Gasteiger partial charge in [0.2, 0.25) is 0 Å². The van der Waals surface area contributed by atoms with E-state index in [2.05, 4.69) is 299 Å². The molecule has 0 saturated carbocycles. The topological polar surface area (TPSA) is 9.72 Å². The highest BCUT2D eigenvalue weighted by molar-refractivity contribution is 7.15. The maximum absolute atomic E-state index is 2.55.